The van der Waals surface area contributed by atoms with Crippen molar-refractivity contribution in [2.45, 2.75) is 6.92 Å². The average molecular weight is 219 g/mol. The number of nitrogens with zero attached hydrogens (tertiary/aromatic N) is 3. The zero-order valence-electron chi connectivity index (χ0n) is 8.94. The van der Waals surface area contributed by atoms with Crippen molar-refractivity contribution in [3.63, 3.8) is 0 Å². The summed E-state index contributed by atoms with van der Waals surface area (Å²) in [5, 5.41) is 3.95. The van der Waals surface area contributed by atoms with Gasteiger partial charge in [0.1, 0.15) is 0 Å². The van der Waals surface area contributed by atoms with Gasteiger partial charge in [0.2, 0.25) is 0 Å². The van der Waals surface area contributed by atoms with Gasteiger partial charge in [-0.1, -0.05) is 0 Å². The van der Waals surface area contributed by atoms with Crippen LogP contribution in [0.3, 0.4) is 0 Å². The van der Waals surface area contributed by atoms with Gasteiger partial charge in [-0.3, -0.25) is 14.5 Å². The first kappa shape index (κ1) is 10.5. The van der Waals surface area contributed by atoms with E-state index in [1.807, 2.05) is 0 Å². The number of pyridine rings is 1. The molecular formula is C11H10FN3O. The summed E-state index contributed by atoms with van der Waals surface area (Å²) in [5.74, 6) is -0.985. The van der Waals surface area contributed by atoms with Crippen LogP contribution in [-0.4, -0.2) is 20.5 Å². The molecule has 0 aliphatic heterocycles. The Morgan fingerprint density at radius 3 is 2.69 bits per heavy atom. The average Bonchev–Trinajstić information content (AvgIpc) is 2.60. The van der Waals surface area contributed by atoms with Crippen LogP contribution in [0, 0.1) is 12.7 Å². The van der Waals surface area contributed by atoms with Crippen molar-refractivity contribution in [2.75, 3.05) is 0 Å². The first-order valence-corrected chi connectivity index (χ1v) is 4.74. The molecule has 0 amide bonds. The van der Waals surface area contributed by atoms with E-state index in [1.165, 1.54) is 18.5 Å². The third-order valence-corrected chi connectivity index (χ3v) is 2.50. The highest BCUT2D eigenvalue weighted by Crippen LogP contribution is 2.14. The van der Waals surface area contributed by atoms with E-state index in [1.54, 1.807) is 18.7 Å². The molecule has 0 unspecified atom stereocenters. The molecule has 2 aromatic rings. The Morgan fingerprint density at radius 2 is 2.12 bits per heavy atom. The van der Waals surface area contributed by atoms with Crippen molar-refractivity contribution in [1.82, 2.24) is 14.8 Å². The molecular weight excluding hydrogens is 209 g/mol. The Labute approximate surface area is 91.7 Å². The lowest BCUT2D eigenvalue weighted by molar-refractivity contribution is 0.103. The van der Waals surface area contributed by atoms with Crippen molar-refractivity contribution in [3.8, 4) is 0 Å². The number of carbonyl (C=O) groups is 1. The first-order valence-electron chi connectivity index (χ1n) is 4.74. The fourth-order valence-corrected chi connectivity index (χ4v) is 1.43. The molecule has 0 fully saturated rings. The van der Waals surface area contributed by atoms with Crippen molar-refractivity contribution >= 4 is 5.78 Å². The van der Waals surface area contributed by atoms with Crippen LogP contribution in [0.5, 0.6) is 0 Å². The minimum absolute atomic E-state index is 0.0195. The maximum atomic E-state index is 13.4. The number of aryl methyl sites for hydroxylation is 1. The van der Waals surface area contributed by atoms with Crippen LogP contribution in [0.25, 0.3) is 0 Å². The van der Waals surface area contributed by atoms with E-state index in [-0.39, 0.29) is 11.3 Å². The number of ketones is 1. The summed E-state index contributed by atoms with van der Waals surface area (Å²) in [6.45, 7) is 1.76. The van der Waals surface area contributed by atoms with Crippen LogP contribution in [0.2, 0.25) is 0 Å². The van der Waals surface area contributed by atoms with E-state index in [0.717, 1.165) is 6.20 Å². The molecule has 0 saturated heterocycles. The third kappa shape index (κ3) is 1.60. The number of halogens is 1. The Bertz CT molecular complexity index is 548. The maximum absolute atomic E-state index is 13.4. The Kier molecular flexibility index (Phi) is 2.52. The minimum atomic E-state index is -0.615. The van der Waals surface area contributed by atoms with Gasteiger partial charge in [0, 0.05) is 18.9 Å². The lowest BCUT2D eigenvalue weighted by atomic mass is 10.1. The molecule has 0 radical (unpaired) electrons. The molecule has 2 rings (SSSR count). The van der Waals surface area contributed by atoms with Gasteiger partial charge in [-0.2, -0.15) is 5.10 Å². The molecule has 0 aliphatic carbocycles. The standard InChI is InChI=1S/C11H10FN3O/c1-7-9(5-14-15(7)2)11(16)8-3-4-13-6-10(8)12/h3-6H,1-2H3. The summed E-state index contributed by atoms with van der Waals surface area (Å²) in [5.41, 5.74) is 1.14. The normalized spacial score (nSPS) is 10.4. The second-order valence-corrected chi connectivity index (χ2v) is 3.45. The van der Waals surface area contributed by atoms with E-state index < -0.39 is 5.82 Å². The predicted octanol–water partition coefficient (Wildman–Crippen LogP) is 1.49. The van der Waals surface area contributed by atoms with Gasteiger partial charge in [0.05, 0.1) is 23.5 Å². The summed E-state index contributed by atoms with van der Waals surface area (Å²) in [6.07, 6.45) is 3.86. The van der Waals surface area contributed by atoms with Gasteiger partial charge in [0.15, 0.2) is 11.6 Å². The highest BCUT2D eigenvalue weighted by molar-refractivity contribution is 6.09. The van der Waals surface area contributed by atoms with Gasteiger partial charge in [-0.05, 0) is 13.0 Å². The third-order valence-electron chi connectivity index (χ3n) is 2.50. The van der Waals surface area contributed by atoms with Crippen molar-refractivity contribution in [3.05, 3.63) is 47.3 Å². The van der Waals surface area contributed by atoms with Crippen LogP contribution in [0.15, 0.2) is 24.7 Å². The highest BCUT2D eigenvalue weighted by atomic mass is 19.1. The fraction of sp³-hybridized carbons (Fsp3) is 0.182. The monoisotopic (exact) mass is 219 g/mol. The Balaban J connectivity index is 2.48. The first-order chi connectivity index (χ1) is 7.61. The predicted molar refractivity (Wildman–Crippen MR) is 55.6 cm³/mol. The van der Waals surface area contributed by atoms with Crippen molar-refractivity contribution in [1.29, 1.82) is 0 Å². The molecule has 0 aliphatic rings. The van der Waals surface area contributed by atoms with Gasteiger partial charge in [0.25, 0.3) is 0 Å². The molecule has 0 spiro atoms. The van der Waals surface area contributed by atoms with Crippen LogP contribution in [0.1, 0.15) is 21.6 Å². The second-order valence-electron chi connectivity index (χ2n) is 3.45. The molecule has 82 valence electrons. The fourth-order valence-electron chi connectivity index (χ4n) is 1.43. The molecule has 2 aromatic heterocycles. The van der Waals surface area contributed by atoms with E-state index >= 15 is 0 Å². The molecule has 0 N–H and O–H groups in total. The number of aromatic nitrogens is 3. The van der Waals surface area contributed by atoms with Gasteiger partial charge in [-0.25, -0.2) is 4.39 Å². The summed E-state index contributed by atoms with van der Waals surface area (Å²) < 4.78 is 14.9. The topological polar surface area (TPSA) is 47.8 Å². The minimum Gasteiger partial charge on any atom is -0.288 e. The summed E-state index contributed by atoms with van der Waals surface area (Å²) >= 11 is 0. The SMILES string of the molecule is Cc1c(C(=O)c2ccncc2F)cnn1C. The lowest BCUT2D eigenvalue weighted by Crippen LogP contribution is -2.06. The van der Waals surface area contributed by atoms with Crippen LogP contribution in [0.4, 0.5) is 4.39 Å². The van der Waals surface area contributed by atoms with E-state index in [9.17, 15) is 9.18 Å². The molecule has 0 bridgehead atoms. The molecule has 5 heteroatoms. The van der Waals surface area contributed by atoms with Gasteiger partial charge < -0.3 is 0 Å². The molecule has 16 heavy (non-hydrogen) atoms. The zero-order chi connectivity index (χ0) is 11.7. The molecule has 4 nitrogen and oxygen atoms in total. The Hall–Kier alpha value is -2.04. The summed E-state index contributed by atoms with van der Waals surface area (Å²) in [7, 11) is 1.73. The summed E-state index contributed by atoms with van der Waals surface area (Å²) in [4.78, 5) is 15.6. The summed E-state index contributed by atoms with van der Waals surface area (Å²) in [6, 6.07) is 1.37. The smallest absolute Gasteiger partial charge is 0.199 e. The van der Waals surface area contributed by atoms with Crippen LogP contribution < -0.4 is 0 Å². The number of carbonyl (C=O) groups excluding carboxylic acids is 1. The van der Waals surface area contributed by atoms with Crippen LogP contribution in [-0.2, 0) is 7.05 Å². The highest BCUT2D eigenvalue weighted by Gasteiger charge is 2.17. The number of hydrogen-bond acceptors (Lipinski definition) is 3. The quantitative estimate of drug-likeness (QED) is 0.719. The van der Waals surface area contributed by atoms with Gasteiger partial charge in [-0.15, -0.1) is 0 Å². The van der Waals surface area contributed by atoms with Crippen LogP contribution >= 0.6 is 0 Å². The van der Waals surface area contributed by atoms with Crippen molar-refractivity contribution in [2.24, 2.45) is 7.05 Å². The van der Waals surface area contributed by atoms with E-state index in [2.05, 4.69) is 10.1 Å². The molecule has 0 saturated carbocycles. The lowest BCUT2D eigenvalue weighted by Gasteiger charge is -2.01. The second kappa shape index (κ2) is 3.84. The zero-order valence-corrected chi connectivity index (χ0v) is 8.94. The largest absolute Gasteiger partial charge is 0.288 e. The van der Waals surface area contributed by atoms with E-state index in [0.29, 0.717) is 11.3 Å². The maximum Gasteiger partial charge on any atom is 0.199 e. The molecule has 0 aromatic carbocycles. The molecule has 2 heterocycles. The number of rotatable bonds is 2. The van der Waals surface area contributed by atoms with Gasteiger partial charge >= 0.3 is 0 Å². The Morgan fingerprint density at radius 1 is 1.38 bits per heavy atom. The van der Waals surface area contributed by atoms with E-state index in [4.69, 9.17) is 0 Å². The van der Waals surface area contributed by atoms with Crippen molar-refractivity contribution < 1.29 is 9.18 Å². The number of hydrogen-bond donors (Lipinski definition) is 0. The molecule has 0 atom stereocenters.